The number of anilines is 1. The highest BCUT2D eigenvalue weighted by Crippen LogP contribution is 2.43. The van der Waals surface area contributed by atoms with Crippen molar-refractivity contribution in [1.29, 1.82) is 0 Å². The molecule has 5 heteroatoms. The average molecular weight is 370 g/mol. The number of hydrogen-bond donors (Lipinski definition) is 0. The standard InChI is InChI=1S/C21H17ClFNO2/c22-16-11-14(9-10-17(16)23)24-18-7-4-8-19(25)21(18)15(12-20(24)26)13-5-2-1-3-6-13/h1-3,5-6,9-11,15H,4,7-8,12H2. The third-order valence-corrected chi connectivity index (χ3v) is 5.33. The minimum atomic E-state index is -0.532. The van der Waals surface area contributed by atoms with E-state index in [9.17, 15) is 14.0 Å². The van der Waals surface area contributed by atoms with Gasteiger partial charge in [-0.25, -0.2) is 4.39 Å². The Morgan fingerprint density at radius 2 is 1.81 bits per heavy atom. The van der Waals surface area contributed by atoms with E-state index >= 15 is 0 Å². The molecule has 0 radical (unpaired) electrons. The van der Waals surface area contributed by atoms with Crippen LogP contribution < -0.4 is 4.90 Å². The third-order valence-electron chi connectivity index (χ3n) is 5.04. The monoisotopic (exact) mass is 369 g/mol. The van der Waals surface area contributed by atoms with E-state index in [2.05, 4.69) is 0 Å². The molecule has 3 nitrogen and oxygen atoms in total. The molecule has 1 unspecified atom stereocenters. The summed E-state index contributed by atoms with van der Waals surface area (Å²) in [6.07, 6.45) is 2.06. The van der Waals surface area contributed by atoms with Crippen LogP contribution >= 0.6 is 11.6 Å². The van der Waals surface area contributed by atoms with Crippen LogP contribution in [0, 0.1) is 5.82 Å². The van der Waals surface area contributed by atoms with Crippen LogP contribution in [0.15, 0.2) is 59.8 Å². The summed E-state index contributed by atoms with van der Waals surface area (Å²) in [4.78, 5) is 27.3. The Morgan fingerprint density at radius 1 is 1.04 bits per heavy atom. The molecule has 0 fully saturated rings. The molecule has 2 aromatic carbocycles. The van der Waals surface area contributed by atoms with Crippen molar-refractivity contribution in [3.63, 3.8) is 0 Å². The number of benzene rings is 2. The lowest BCUT2D eigenvalue weighted by atomic mass is 9.77. The van der Waals surface area contributed by atoms with Gasteiger partial charge < -0.3 is 0 Å². The maximum Gasteiger partial charge on any atom is 0.232 e. The first-order valence-electron chi connectivity index (χ1n) is 8.65. The van der Waals surface area contributed by atoms with Crippen LogP contribution in [0.3, 0.4) is 0 Å². The van der Waals surface area contributed by atoms with Crippen molar-refractivity contribution in [2.24, 2.45) is 0 Å². The smallest absolute Gasteiger partial charge is 0.232 e. The minimum absolute atomic E-state index is 0.0373. The summed E-state index contributed by atoms with van der Waals surface area (Å²) in [6, 6.07) is 13.9. The van der Waals surface area contributed by atoms with Crippen LogP contribution in [0.2, 0.25) is 5.02 Å². The van der Waals surface area contributed by atoms with Crippen LogP contribution in [0.25, 0.3) is 0 Å². The Kier molecular flexibility index (Phi) is 4.37. The molecule has 1 amide bonds. The van der Waals surface area contributed by atoms with Crippen molar-refractivity contribution < 1.29 is 14.0 Å². The Hall–Kier alpha value is -2.46. The van der Waals surface area contributed by atoms with Gasteiger partial charge >= 0.3 is 0 Å². The van der Waals surface area contributed by atoms with Crippen LogP contribution in [-0.2, 0) is 9.59 Å². The molecule has 2 aliphatic rings. The van der Waals surface area contributed by atoms with E-state index in [1.807, 2.05) is 30.3 Å². The number of nitrogens with zero attached hydrogens (tertiary/aromatic N) is 1. The molecule has 26 heavy (non-hydrogen) atoms. The predicted octanol–water partition coefficient (Wildman–Crippen LogP) is 5.01. The SMILES string of the molecule is O=C1CCCC2=C1C(c1ccccc1)CC(=O)N2c1ccc(F)c(Cl)c1. The highest BCUT2D eigenvalue weighted by molar-refractivity contribution is 6.31. The quantitative estimate of drug-likeness (QED) is 0.746. The summed E-state index contributed by atoms with van der Waals surface area (Å²) < 4.78 is 13.5. The molecule has 0 spiro atoms. The van der Waals surface area contributed by atoms with Crippen molar-refractivity contribution in [3.05, 3.63) is 76.2 Å². The average Bonchev–Trinajstić information content (AvgIpc) is 2.64. The van der Waals surface area contributed by atoms with E-state index in [0.29, 0.717) is 30.5 Å². The second kappa shape index (κ2) is 6.69. The zero-order valence-corrected chi connectivity index (χ0v) is 14.8. The zero-order chi connectivity index (χ0) is 18.3. The van der Waals surface area contributed by atoms with Crippen molar-refractivity contribution >= 4 is 29.0 Å². The lowest BCUT2D eigenvalue weighted by Gasteiger charge is -2.38. The molecular formula is C21H17ClFNO2. The molecule has 2 aromatic rings. The first-order chi connectivity index (χ1) is 12.6. The van der Waals surface area contributed by atoms with E-state index in [1.54, 1.807) is 4.90 Å². The second-order valence-electron chi connectivity index (χ2n) is 6.63. The van der Waals surface area contributed by atoms with Crippen LogP contribution in [0.5, 0.6) is 0 Å². The highest BCUT2D eigenvalue weighted by atomic mass is 35.5. The molecule has 0 saturated carbocycles. The second-order valence-corrected chi connectivity index (χ2v) is 7.04. The molecule has 132 valence electrons. The van der Waals surface area contributed by atoms with Gasteiger partial charge in [0.15, 0.2) is 5.78 Å². The molecule has 4 rings (SSSR count). The number of hydrogen-bond acceptors (Lipinski definition) is 2. The largest absolute Gasteiger partial charge is 0.294 e. The number of amides is 1. The fourth-order valence-electron chi connectivity index (χ4n) is 3.89. The fourth-order valence-corrected chi connectivity index (χ4v) is 4.06. The molecule has 1 heterocycles. The number of halogens is 2. The van der Waals surface area contributed by atoms with Crippen LogP contribution in [-0.4, -0.2) is 11.7 Å². The highest BCUT2D eigenvalue weighted by Gasteiger charge is 2.39. The van der Waals surface area contributed by atoms with Gasteiger partial charge in [0.05, 0.1) is 10.7 Å². The third kappa shape index (κ3) is 2.84. The van der Waals surface area contributed by atoms with Gasteiger partial charge in [-0.15, -0.1) is 0 Å². The Bertz CT molecular complexity index is 923. The Balaban J connectivity index is 1.86. The fraction of sp³-hybridized carbons (Fsp3) is 0.238. The normalized spacial score (nSPS) is 20.4. The van der Waals surface area contributed by atoms with Crippen molar-refractivity contribution in [1.82, 2.24) is 0 Å². The van der Waals surface area contributed by atoms with Crippen LogP contribution in [0.4, 0.5) is 10.1 Å². The molecule has 0 saturated heterocycles. The van der Waals surface area contributed by atoms with E-state index in [4.69, 9.17) is 11.6 Å². The van der Waals surface area contributed by atoms with E-state index < -0.39 is 5.82 Å². The molecule has 1 atom stereocenters. The van der Waals surface area contributed by atoms with Gasteiger partial charge in [0.25, 0.3) is 0 Å². The van der Waals surface area contributed by atoms with Crippen molar-refractivity contribution in [2.45, 2.75) is 31.6 Å². The van der Waals surface area contributed by atoms with Gasteiger partial charge in [0, 0.05) is 30.0 Å². The van der Waals surface area contributed by atoms with Gasteiger partial charge in [-0.2, -0.15) is 0 Å². The van der Waals surface area contributed by atoms with Gasteiger partial charge in [-0.3, -0.25) is 14.5 Å². The molecular weight excluding hydrogens is 353 g/mol. The maximum atomic E-state index is 13.5. The van der Waals surface area contributed by atoms with Crippen molar-refractivity contribution in [2.75, 3.05) is 4.90 Å². The lowest BCUT2D eigenvalue weighted by Crippen LogP contribution is -2.40. The molecule has 0 N–H and O–H groups in total. The summed E-state index contributed by atoms with van der Waals surface area (Å²) in [5, 5.41) is -0.0373. The summed E-state index contributed by atoms with van der Waals surface area (Å²) >= 11 is 5.91. The number of allylic oxidation sites excluding steroid dienone is 2. The van der Waals surface area contributed by atoms with Gasteiger partial charge in [0.1, 0.15) is 5.82 Å². The number of carbonyl (C=O) groups is 2. The van der Waals surface area contributed by atoms with Gasteiger partial charge in [-0.1, -0.05) is 41.9 Å². The van der Waals surface area contributed by atoms with E-state index in [1.165, 1.54) is 18.2 Å². The molecule has 0 bridgehead atoms. The number of ketones is 1. The molecule has 1 aliphatic carbocycles. The summed E-state index contributed by atoms with van der Waals surface area (Å²) in [6.45, 7) is 0. The number of carbonyl (C=O) groups excluding carboxylic acids is 2. The summed E-state index contributed by atoms with van der Waals surface area (Å²) in [7, 11) is 0. The van der Waals surface area contributed by atoms with E-state index in [0.717, 1.165) is 11.3 Å². The van der Waals surface area contributed by atoms with Gasteiger partial charge in [-0.05, 0) is 36.6 Å². The first-order valence-corrected chi connectivity index (χ1v) is 9.03. The van der Waals surface area contributed by atoms with Crippen molar-refractivity contribution in [3.8, 4) is 0 Å². The Labute approximate surface area is 156 Å². The Morgan fingerprint density at radius 3 is 2.54 bits per heavy atom. The minimum Gasteiger partial charge on any atom is -0.294 e. The summed E-state index contributed by atoms with van der Waals surface area (Å²) in [5.41, 5.74) is 2.92. The molecule has 1 aliphatic heterocycles. The zero-order valence-electron chi connectivity index (χ0n) is 14.0. The number of rotatable bonds is 2. The number of Topliss-reactive ketones (excluding diaryl/α,β-unsaturated/α-hetero) is 1. The van der Waals surface area contributed by atoms with Crippen LogP contribution in [0.1, 0.15) is 37.2 Å². The lowest BCUT2D eigenvalue weighted by molar-refractivity contribution is -0.119. The van der Waals surface area contributed by atoms with E-state index in [-0.39, 0.29) is 29.1 Å². The predicted molar refractivity (Wildman–Crippen MR) is 98.6 cm³/mol. The topological polar surface area (TPSA) is 37.4 Å². The molecule has 0 aromatic heterocycles. The van der Waals surface area contributed by atoms with Gasteiger partial charge in [0.2, 0.25) is 5.91 Å². The summed E-state index contributed by atoms with van der Waals surface area (Å²) in [5.74, 6) is -0.768. The maximum absolute atomic E-state index is 13.5. The first kappa shape index (κ1) is 17.0.